The van der Waals surface area contributed by atoms with Gasteiger partial charge in [-0.05, 0) is 54.5 Å². The second-order valence-electron chi connectivity index (χ2n) is 8.44. The first kappa shape index (κ1) is 23.7. The molecule has 1 aliphatic heterocycles. The molecule has 170 valence electrons. The van der Waals surface area contributed by atoms with Crippen LogP contribution in [-0.2, 0) is 9.59 Å². The van der Waals surface area contributed by atoms with Crippen molar-refractivity contribution in [2.75, 3.05) is 18.4 Å². The van der Waals surface area contributed by atoms with Crippen molar-refractivity contribution in [1.82, 2.24) is 15.2 Å². The molecule has 3 amide bonds. The minimum atomic E-state index is -0.652. The number of benzene rings is 1. The SMILES string of the molecule is CC(=O)Nc1cccc(C(=O)N[C@@H](C(=O)N2CCC(c3ccc(Cl)cc3)CC2)C(C)C)n1. The second kappa shape index (κ2) is 10.6. The number of rotatable bonds is 6. The Morgan fingerprint density at radius 2 is 1.72 bits per heavy atom. The maximum absolute atomic E-state index is 13.2. The van der Waals surface area contributed by atoms with Gasteiger partial charge in [-0.25, -0.2) is 4.98 Å². The largest absolute Gasteiger partial charge is 0.341 e. The molecule has 2 heterocycles. The van der Waals surface area contributed by atoms with E-state index in [2.05, 4.69) is 15.6 Å². The quantitative estimate of drug-likeness (QED) is 0.690. The van der Waals surface area contributed by atoms with Crippen LogP contribution >= 0.6 is 11.6 Å². The van der Waals surface area contributed by atoms with Crippen LogP contribution < -0.4 is 10.6 Å². The van der Waals surface area contributed by atoms with Crippen molar-refractivity contribution in [3.8, 4) is 0 Å². The molecule has 3 rings (SSSR count). The number of piperidine rings is 1. The van der Waals surface area contributed by atoms with Gasteiger partial charge < -0.3 is 15.5 Å². The van der Waals surface area contributed by atoms with E-state index in [0.29, 0.717) is 29.8 Å². The number of carbonyl (C=O) groups is 3. The van der Waals surface area contributed by atoms with Gasteiger partial charge in [0, 0.05) is 25.0 Å². The summed E-state index contributed by atoms with van der Waals surface area (Å²) in [5, 5.41) is 6.11. The highest BCUT2D eigenvalue weighted by molar-refractivity contribution is 6.30. The molecular formula is C24H29ClN4O3. The van der Waals surface area contributed by atoms with Crippen molar-refractivity contribution >= 4 is 35.1 Å². The first-order valence-electron chi connectivity index (χ1n) is 10.8. The van der Waals surface area contributed by atoms with Crippen LogP contribution in [0.5, 0.6) is 0 Å². The summed E-state index contributed by atoms with van der Waals surface area (Å²) in [6.07, 6.45) is 1.74. The number of pyridine rings is 1. The van der Waals surface area contributed by atoms with E-state index in [0.717, 1.165) is 12.8 Å². The summed E-state index contributed by atoms with van der Waals surface area (Å²) in [6, 6.07) is 12.0. The van der Waals surface area contributed by atoms with Crippen molar-refractivity contribution in [2.45, 2.75) is 45.6 Å². The Kier molecular flexibility index (Phi) is 7.85. The summed E-state index contributed by atoms with van der Waals surface area (Å²) in [7, 11) is 0. The minimum absolute atomic E-state index is 0.0825. The molecule has 1 atom stereocenters. The van der Waals surface area contributed by atoms with Crippen LogP contribution in [0.25, 0.3) is 0 Å². The zero-order chi connectivity index (χ0) is 23.3. The molecule has 1 aliphatic rings. The average Bonchev–Trinajstić information content (AvgIpc) is 2.77. The highest BCUT2D eigenvalue weighted by Gasteiger charge is 2.32. The highest BCUT2D eigenvalue weighted by Crippen LogP contribution is 2.29. The Hall–Kier alpha value is -2.93. The third kappa shape index (κ3) is 6.07. The summed E-state index contributed by atoms with van der Waals surface area (Å²) in [5.41, 5.74) is 1.39. The molecule has 1 saturated heterocycles. The normalized spacial score (nSPS) is 15.3. The van der Waals surface area contributed by atoms with Gasteiger partial charge in [-0.2, -0.15) is 0 Å². The Bertz CT molecular complexity index is 969. The lowest BCUT2D eigenvalue weighted by molar-refractivity contribution is -0.135. The Morgan fingerprint density at radius 1 is 1.06 bits per heavy atom. The predicted octanol–water partition coefficient (Wildman–Crippen LogP) is 3.85. The van der Waals surface area contributed by atoms with Crippen molar-refractivity contribution < 1.29 is 14.4 Å². The number of hydrogen-bond acceptors (Lipinski definition) is 4. The van der Waals surface area contributed by atoms with E-state index in [9.17, 15) is 14.4 Å². The fourth-order valence-electron chi connectivity index (χ4n) is 3.90. The molecule has 0 unspecified atom stereocenters. The van der Waals surface area contributed by atoms with E-state index in [-0.39, 0.29) is 23.4 Å². The molecule has 2 N–H and O–H groups in total. The molecule has 8 heteroatoms. The molecule has 1 aromatic carbocycles. The van der Waals surface area contributed by atoms with Crippen molar-refractivity contribution in [3.05, 3.63) is 58.7 Å². The zero-order valence-corrected chi connectivity index (χ0v) is 19.4. The van der Waals surface area contributed by atoms with Crippen molar-refractivity contribution in [2.24, 2.45) is 5.92 Å². The predicted molar refractivity (Wildman–Crippen MR) is 125 cm³/mol. The summed E-state index contributed by atoms with van der Waals surface area (Å²) in [5.74, 6) is -0.196. The van der Waals surface area contributed by atoms with Crippen molar-refractivity contribution in [3.63, 3.8) is 0 Å². The Morgan fingerprint density at radius 3 is 2.31 bits per heavy atom. The van der Waals surface area contributed by atoms with Gasteiger partial charge in [0.05, 0.1) is 0 Å². The molecule has 2 aromatic rings. The van der Waals surface area contributed by atoms with Crippen LogP contribution in [0.2, 0.25) is 5.02 Å². The van der Waals surface area contributed by atoms with Gasteiger partial charge in [0.2, 0.25) is 11.8 Å². The van der Waals surface area contributed by atoms with Gasteiger partial charge in [0.1, 0.15) is 17.6 Å². The number of halogens is 1. The van der Waals surface area contributed by atoms with E-state index in [1.807, 2.05) is 43.0 Å². The number of nitrogens with one attached hydrogen (secondary N) is 2. The van der Waals surface area contributed by atoms with E-state index in [4.69, 9.17) is 11.6 Å². The fourth-order valence-corrected chi connectivity index (χ4v) is 4.03. The van der Waals surface area contributed by atoms with Gasteiger partial charge in [-0.15, -0.1) is 0 Å². The monoisotopic (exact) mass is 456 g/mol. The summed E-state index contributed by atoms with van der Waals surface area (Å²) in [6.45, 7) is 6.47. The van der Waals surface area contributed by atoms with Gasteiger partial charge in [-0.3, -0.25) is 14.4 Å². The third-order valence-electron chi connectivity index (χ3n) is 5.65. The number of hydrogen-bond donors (Lipinski definition) is 2. The van der Waals surface area contributed by atoms with Crippen LogP contribution in [-0.4, -0.2) is 46.7 Å². The molecular weight excluding hydrogens is 428 g/mol. The first-order valence-corrected chi connectivity index (χ1v) is 11.2. The second-order valence-corrected chi connectivity index (χ2v) is 8.87. The third-order valence-corrected chi connectivity index (χ3v) is 5.91. The minimum Gasteiger partial charge on any atom is -0.341 e. The summed E-state index contributed by atoms with van der Waals surface area (Å²) < 4.78 is 0. The van der Waals surface area contributed by atoms with Gasteiger partial charge in [0.25, 0.3) is 5.91 Å². The fraction of sp³-hybridized carbons (Fsp3) is 0.417. The van der Waals surface area contributed by atoms with E-state index >= 15 is 0 Å². The first-order chi connectivity index (χ1) is 15.2. The van der Waals surface area contributed by atoms with Gasteiger partial charge >= 0.3 is 0 Å². The number of amides is 3. The average molecular weight is 457 g/mol. The lowest BCUT2D eigenvalue weighted by Crippen LogP contribution is -2.53. The molecule has 0 saturated carbocycles. The van der Waals surface area contributed by atoms with Crippen LogP contribution in [0.3, 0.4) is 0 Å². The molecule has 0 spiro atoms. The number of carbonyl (C=O) groups excluding carboxylic acids is 3. The van der Waals surface area contributed by atoms with E-state index in [1.54, 1.807) is 18.2 Å². The smallest absolute Gasteiger partial charge is 0.270 e. The van der Waals surface area contributed by atoms with Crippen LogP contribution in [0.1, 0.15) is 55.6 Å². The van der Waals surface area contributed by atoms with Crippen LogP contribution in [0.15, 0.2) is 42.5 Å². The number of nitrogens with zero attached hydrogens (tertiary/aromatic N) is 2. The molecule has 0 aliphatic carbocycles. The maximum atomic E-state index is 13.2. The van der Waals surface area contributed by atoms with E-state index < -0.39 is 11.9 Å². The zero-order valence-electron chi connectivity index (χ0n) is 18.6. The highest BCUT2D eigenvalue weighted by atomic mass is 35.5. The molecule has 0 radical (unpaired) electrons. The lowest BCUT2D eigenvalue weighted by Gasteiger charge is -2.35. The molecule has 32 heavy (non-hydrogen) atoms. The molecule has 0 bridgehead atoms. The Balaban J connectivity index is 1.63. The topological polar surface area (TPSA) is 91.4 Å². The molecule has 7 nitrogen and oxygen atoms in total. The number of likely N-dealkylation sites (tertiary alicyclic amines) is 1. The van der Waals surface area contributed by atoms with E-state index in [1.165, 1.54) is 12.5 Å². The maximum Gasteiger partial charge on any atom is 0.270 e. The number of anilines is 1. The lowest BCUT2D eigenvalue weighted by atomic mass is 9.89. The van der Waals surface area contributed by atoms with Crippen LogP contribution in [0.4, 0.5) is 5.82 Å². The van der Waals surface area contributed by atoms with Crippen LogP contribution in [0, 0.1) is 5.92 Å². The summed E-state index contributed by atoms with van der Waals surface area (Å²) in [4.78, 5) is 43.3. The number of aromatic nitrogens is 1. The Labute approximate surface area is 193 Å². The molecule has 1 fully saturated rings. The van der Waals surface area contributed by atoms with Gasteiger partial charge in [0.15, 0.2) is 0 Å². The summed E-state index contributed by atoms with van der Waals surface area (Å²) >= 11 is 5.99. The molecule has 1 aromatic heterocycles. The van der Waals surface area contributed by atoms with Crippen molar-refractivity contribution in [1.29, 1.82) is 0 Å². The standard InChI is InChI=1S/C24H29ClN4O3/c1-15(2)22(28-23(31)20-5-4-6-21(27-20)26-16(3)30)24(32)29-13-11-18(12-14-29)17-7-9-19(25)10-8-17/h4-10,15,18,22H,11-14H2,1-3H3,(H,28,31)(H,26,27,30)/t22-/m1/s1. The van der Waals surface area contributed by atoms with Gasteiger partial charge in [-0.1, -0.05) is 43.6 Å².